The molecule has 0 radical (unpaired) electrons. The van der Waals surface area contributed by atoms with Crippen LogP contribution < -0.4 is 0 Å². The highest BCUT2D eigenvalue weighted by molar-refractivity contribution is 5.80. The Morgan fingerprint density at radius 1 is 1.38 bits per heavy atom. The zero-order valence-corrected chi connectivity index (χ0v) is 6.96. The van der Waals surface area contributed by atoms with Gasteiger partial charge in [0.05, 0.1) is 6.26 Å². The van der Waals surface area contributed by atoms with E-state index in [1.54, 1.807) is 12.3 Å². The Morgan fingerprint density at radius 3 is 3.00 bits per heavy atom. The molecular formula is C10H9FO2. The molecule has 1 heterocycles. The quantitative estimate of drug-likeness (QED) is 0.767. The molecule has 0 fully saturated rings. The molecule has 13 heavy (non-hydrogen) atoms. The molecule has 0 saturated carbocycles. The van der Waals surface area contributed by atoms with Crippen molar-refractivity contribution in [2.24, 2.45) is 0 Å². The fourth-order valence-corrected chi connectivity index (χ4v) is 1.37. The summed E-state index contributed by atoms with van der Waals surface area (Å²) in [5, 5.41) is 9.61. The lowest BCUT2D eigenvalue weighted by molar-refractivity contribution is 0.299. The predicted molar refractivity (Wildman–Crippen MR) is 47.0 cm³/mol. The van der Waals surface area contributed by atoms with Crippen molar-refractivity contribution in [3.63, 3.8) is 0 Å². The third-order valence-corrected chi connectivity index (χ3v) is 2.00. The van der Waals surface area contributed by atoms with Crippen LogP contribution in [0.5, 0.6) is 0 Å². The Balaban J connectivity index is 2.55. The standard InChI is InChI=1S/C10H9FO2/c11-8-1-2-9-7(3-4-12)6-13-10(9)5-8/h1-2,5-6,12H,3-4H2. The van der Waals surface area contributed by atoms with Crippen molar-refractivity contribution in [3.8, 4) is 0 Å². The van der Waals surface area contributed by atoms with Gasteiger partial charge in [-0.15, -0.1) is 0 Å². The number of benzene rings is 1. The molecule has 0 unspecified atom stereocenters. The molecule has 2 nitrogen and oxygen atoms in total. The molecule has 0 saturated heterocycles. The molecule has 0 amide bonds. The number of hydrogen-bond donors (Lipinski definition) is 1. The highest BCUT2D eigenvalue weighted by atomic mass is 19.1. The summed E-state index contributed by atoms with van der Waals surface area (Å²) in [7, 11) is 0. The Morgan fingerprint density at radius 2 is 2.23 bits per heavy atom. The van der Waals surface area contributed by atoms with Crippen molar-refractivity contribution < 1.29 is 13.9 Å². The SMILES string of the molecule is OCCc1coc2cc(F)ccc12. The molecule has 0 spiro atoms. The summed E-state index contributed by atoms with van der Waals surface area (Å²) in [6.45, 7) is 0.0754. The minimum Gasteiger partial charge on any atom is -0.464 e. The largest absolute Gasteiger partial charge is 0.464 e. The van der Waals surface area contributed by atoms with Crippen LogP contribution in [0.3, 0.4) is 0 Å². The van der Waals surface area contributed by atoms with Gasteiger partial charge in [-0.2, -0.15) is 0 Å². The molecule has 0 atom stereocenters. The maximum absolute atomic E-state index is 12.7. The summed E-state index contributed by atoms with van der Waals surface area (Å²) < 4.78 is 17.9. The van der Waals surface area contributed by atoms with Crippen molar-refractivity contribution in [1.29, 1.82) is 0 Å². The van der Waals surface area contributed by atoms with Crippen molar-refractivity contribution in [2.75, 3.05) is 6.61 Å². The zero-order chi connectivity index (χ0) is 9.26. The third-order valence-electron chi connectivity index (χ3n) is 2.00. The highest BCUT2D eigenvalue weighted by Crippen LogP contribution is 2.22. The molecule has 0 aliphatic rings. The average molecular weight is 180 g/mol. The van der Waals surface area contributed by atoms with Crippen molar-refractivity contribution in [1.82, 2.24) is 0 Å². The van der Waals surface area contributed by atoms with Crippen LogP contribution in [0, 0.1) is 5.82 Å². The number of furan rings is 1. The van der Waals surface area contributed by atoms with E-state index in [-0.39, 0.29) is 12.4 Å². The van der Waals surface area contributed by atoms with Crippen LogP contribution in [0.4, 0.5) is 4.39 Å². The van der Waals surface area contributed by atoms with E-state index in [0.29, 0.717) is 12.0 Å². The van der Waals surface area contributed by atoms with Gasteiger partial charge >= 0.3 is 0 Å². The van der Waals surface area contributed by atoms with Crippen LogP contribution in [-0.4, -0.2) is 11.7 Å². The summed E-state index contributed by atoms with van der Waals surface area (Å²) in [6.07, 6.45) is 2.10. The van der Waals surface area contributed by atoms with Crippen LogP contribution >= 0.6 is 0 Å². The summed E-state index contributed by atoms with van der Waals surface area (Å²) in [4.78, 5) is 0. The summed E-state index contributed by atoms with van der Waals surface area (Å²) in [5.74, 6) is -0.308. The molecule has 0 aliphatic heterocycles. The third kappa shape index (κ3) is 1.42. The first-order valence-electron chi connectivity index (χ1n) is 4.08. The van der Waals surface area contributed by atoms with Gasteiger partial charge in [-0.3, -0.25) is 0 Å². The highest BCUT2D eigenvalue weighted by Gasteiger charge is 2.05. The Bertz CT molecular complexity index is 420. The molecule has 1 aromatic carbocycles. The Hall–Kier alpha value is -1.35. The van der Waals surface area contributed by atoms with Gasteiger partial charge < -0.3 is 9.52 Å². The lowest BCUT2D eigenvalue weighted by atomic mass is 10.1. The van der Waals surface area contributed by atoms with E-state index in [1.807, 2.05) is 0 Å². The Labute approximate surface area is 74.6 Å². The maximum atomic E-state index is 12.7. The molecule has 0 aliphatic carbocycles. The molecule has 1 N–H and O–H groups in total. The number of halogens is 1. The van der Waals surface area contributed by atoms with Gasteiger partial charge in [-0.05, 0) is 18.6 Å². The molecule has 2 rings (SSSR count). The maximum Gasteiger partial charge on any atom is 0.137 e. The van der Waals surface area contributed by atoms with E-state index in [2.05, 4.69) is 0 Å². The fourth-order valence-electron chi connectivity index (χ4n) is 1.37. The summed E-state index contributed by atoms with van der Waals surface area (Å²) in [6, 6.07) is 4.40. The number of aliphatic hydroxyl groups is 1. The van der Waals surface area contributed by atoms with E-state index in [4.69, 9.17) is 9.52 Å². The van der Waals surface area contributed by atoms with E-state index >= 15 is 0 Å². The second-order valence-corrected chi connectivity index (χ2v) is 2.88. The number of rotatable bonds is 2. The first-order valence-corrected chi connectivity index (χ1v) is 4.08. The van der Waals surface area contributed by atoms with Gasteiger partial charge in [-0.25, -0.2) is 4.39 Å². The topological polar surface area (TPSA) is 33.4 Å². The van der Waals surface area contributed by atoms with Gasteiger partial charge in [0, 0.05) is 23.6 Å². The fraction of sp³-hybridized carbons (Fsp3) is 0.200. The number of fused-ring (bicyclic) bond motifs is 1. The molecule has 68 valence electrons. The molecule has 2 aromatic rings. The first-order chi connectivity index (χ1) is 6.31. The van der Waals surface area contributed by atoms with Crippen LogP contribution in [0.25, 0.3) is 11.0 Å². The van der Waals surface area contributed by atoms with Crippen LogP contribution in [0.2, 0.25) is 0 Å². The molecular weight excluding hydrogens is 171 g/mol. The van der Waals surface area contributed by atoms with Gasteiger partial charge in [-0.1, -0.05) is 0 Å². The second kappa shape index (κ2) is 3.18. The van der Waals surface area contributed by atoms with Gasteiger partial charge in [0.25, 0.3) is 0 Å². The van der Waals surface area contributed by atoms with Gasteiger partial charge in [0.2, 0.25) is 0 Å². The van der Waals surface area contributed by atoms with Crippen LogP contribution in [0.15, 0.2) is 28.9 Å². The lowest BCUT2D eigenvalue weighted by Crippen LogP contribution is -1.87. The average Bonchev–Trinajstić information content (AvgIpc) is 2.49. The normalized spacial score (nSPS) is 10.9. The Kier molecular flexibility index (Phi) is 2.02. The predicted octanol–water partition coefficient (Wildman–Crippen LogP) is 2.11. The van der Waals surface area contributed by atoms with Crippen LogP contribution in [0.1, 0.15) is 5.56 Å². The molecule has 1 aromatic heterocycles. The van der Waals surface area contributed by atoms with Crippen molar-refractivity contribution in [2.45, 2.75) is 6.42 Å². The smallest absolute Gasteiger partial charge is 0.137 e. The summed E-state index contributed by atoms with van der Waals surface area (Å²) >= 11 is 0. The zero-order valence-electron chi connectivity index (χ0n) is 6.96. The van der Waals surface area contributed by atoms with Crippen molar-refractivity contribution >= 4 is 11.0 Å². The molecule has 3 heteroatoms. The second-order valence-electron chi connectivity index (χ2n) is 2.88. The van der Waals surface area contributed by atoms with E-state index in [1.165, 1.54) is 12.1 Å². The van der Waals surface area contributed by atoms with Gasteiger partial charge in [0.15, 0.2) is 0 Å². The van der Waals surface area contributed by atoms with Crippen molar-refractivity contribution in [3.05, 3.63) is 35.8 Å². The van der Waals surface area contributed by atoms with Gasteiger partial charge in [0.1, 0.15) is 11.4 Å². The number of aliphatic hydroxyl groups excluding tert-OH is 1. The summed E-state index contributed by atoms with van der Waals surface area (Å²) in [5.41, 5.74) is 1.45. The minimum absolute atomic E-state index is 0.0754. The molecule has 0 bridgehead atoms. The van der Waals surface area contributed by atoms with E-state index in [0.717, 1.165) is 10.9 Å². The van der Waals surface area contributed by atoms with Crippen LogP contribution in [-0.2, 0) is 6.42 Å². The first kappa shape index (κ1) is 8.26. The monoisotopic (exact) mass is 180 g/mol. The van der Waals surface area contributed by atoms with E-state index in [9.17, 15) is 4.39 Å². The minimum atomic E-state index is -0.308. The van der Waals surface area contributed by atoms with E-state index < -0.39 is 0 Å². The number of hydrogen-bond acceptors (Lipinski definition) is 2. The lowest BCUT2D eigenvalue weighted by Gasteiger charge is -1.92.